The minimum atomic E-state index is 0.419. The summed E-state index contributed by atoms with van der Waals surface area (Å²) in [5, 5.41) is 10.5. The van der Waals surface area contributed by atoms with Gasteiger partial charge in [0, 0.05) is 11.8 Å². The molecule has 1 aromatic heterocycles. The summed E-state index contributed by atoms with van der Waals surface area (Å²) in [6.45, 7) is 0.419. The van der Waals surface area contributed by atoms with Crippen LogP contribution in [0, 0.1) is 0 Å². The summed E-state index contributed by atoms with van der Waals surface area (Å²) in [5.74, 6) is 1.57. The van der Waals surface area contributed by atoms with E-state index in [1.807, 2.05) is 12.1 Å². The Labute approximate surface area is 131 Å². The van der Waals surface area contributed by atoms with Crippen molar-refractivity contribution in [1.29, 1.82) is 0 Å². The van der Waals surface area contributed by atoms with Gasteiger partial charge in [0.25, 0.3) is 0 Å². The molecule has 0 aliphatic heterocycles. The molecule has 1 aromatic carbocycles. The van der Waals surface area contributed by atoms with Crippen LogP contribution in [0.5, 0.6) is 0 Å². The molecule has 2 N–H and O–H groups in total. The lowest BCUT2D eigenvalue weighted by Gasteiger charge is -2.08. The first kappa shape index (κ1) is 14.2. The third kappa shape index (κ3) is 2.81. The van der Waals surface area contributed by atoms with Crippen molar-refractivity contribution >= 4 is 35.0 Å². The molecule has 0 saturated heterocycles. The van der Waals surface area contributed by atoms with Crippen molar-refractivity contribution in [2.45, 2.75) is 36.3 Å². The van der Waals surface area contributed by atoms with Gasteiger partial charge in [-0.15, -0.1) is 10.2 Å². The van der Waals surface area contributed by atoms with Crippen LogP contribution >= 0.6 is 35.0 Å². The number of halogens is 2. The van der Waals surface area contributed by atoms with Gasteiger partial charge >= 0.3 is 0 Å². The van der Waals surface area contributed by atoms with Crippen molar-refractivity contribution < 1.29 is 0 Å². The topological polar surface area (TPSA) is 56.7 Å². The van der Waals surface area contributed by atoms with Crippen LogP contribution in [-0.4, -0.2) is 14.8 Å². The van der Waals surface area contributed by atoms with E-state index in [2.05, 4.69) is 14.8 Å². The summed E-state index contributed by atoms with van der Waals surface area (Å²) in [5.41, 5.74) is 6.71. The van der Waals surface area contributed by atoms with Crippen LogP contribution in [0.2, 0.25) is 10.0 Å². The maximum Gasteiger partial charge on any atom is 0.191 e. The van der Waals surface area contributed by atoms with Crippen molar-refractivity contribution in [3.8, 4) is 0 Å². The number of nitrogens with zero attached hydrogens (tertiary/aromatic N) is 3. The van der Waals surface area contributed by atoms with E-state index >= 15 is 0 Å². The van der Waals surface area contributed by atoms with Crippen molar-refractivity contribution in [2.75, 3.05) is 0 Å². The van der Waals surface area contributed by atoms with E-state index in [4.69, 9.17) is 28.9 Å². The SMILES string of the molecule is NCc1nnc(SCc2cccc(Cl)c2Cl)n1C1CC1. The van der Waals surface area contributed by atoms with Crippen LogP contribution in [0.4, 0.5) is 0 Å². The monoisotopic (exact) mass is 328 g/mol. The minimum Gasteiger partial charge on any atom is -0.324 e. The number of rotatable bonds is 5. The molecule has 1 fully saturated rings. The highest BCUT2D eigenvalue weighted by Gasteiger charge is 2.29. The van der Waals surface area contributed by atoms with E-state index in [9.17, 15) is 0 Å². The molecule has 0 atom stereocenters. The van der Waals surface area contributed by atoms with Crippen molar-refractivity contribution in [3.05, 3.63) is 39.6 Å². The first-order valence-corrected chi connectivity index (χ1v) is 8.14. The molecule has 2 aromatic rings. The van der Waals surface area contributed by atoms with Crippen molar-refractivity contribution in [2.24, 2.45) is 5.73 Å². The van der Waals surface area contributed by atoms with E-state index in [0.717, 1.165) is 22.3 Å². The zero-order chi connectivity index (χ0) is 14.1. The number of aromatic nitrogens is 3. The molecule has 3 rings (SSSR count). The van der Waals surface area contributed by atoms with Crippen LogP contribution in [0.25, 0.3) is 0 Å². The smallest absolute Gasteiger partial charge is 0.191 e. The highest BCUT2D eigenvalue weighted by Crippen LogP contribution is 2.39. The van der Waals surface area contributed by atoms with E-state index in [-0.39, 0.29) is 0 Å². The van der Waals surface area contributed by atoms with Gasteiger partial charge in [0.2, 0.25) is 0 Å². The zero-order valence-electron chi connectivity index (χ0n) is 10.7. The second-order valence-corrected chi connectivity index (χ2v) is 6.43. The maximum atomic E-state index is 6.20. The molecule has 106 valence electrons. The zero-order valence-corrected chi connectivity index (χ0v) is 13.0. The fourth-order valence-corrected chi connectivity index (χ4v) is 3.53. The Morgan fingerprint density at radius 1 is 1.30 bits per heavy atom. The molecule has 0 amide bonds. The van der Waals surface area contributed by atoms with Crippen molar-refractivity contribution in [1.82, 2.24) is 14.8 Å². The number of benzene rings is 1. The predicted molar refractivity (Wildman–Crippen MR) is 82.2 cm³/mol. The highest BCUT2D eigenvalue weighted by atomic mass is 35.5. The maximum absolute atomic E-state index is 6.20. The summed E-state index contributed by atoms with van der Waals surface area (Å²) in [6, 6.07) is 6.18. The first-order chi connectivity index (χ1) is 9.70. The van der Waals surface area contributed by atoms with Crippen LogP contribution in [0.1, 0.15) is 30.3 Å². The van der Waals surface area contributed by atoms with Gasteiger partial charge in [-0.25, -0.2) is 0 Å². The summed E-state index contributed by atoms with van der Waals surface area (Å²) in [4.78, 5) is 0. The molecule has 0 unspecified atom stereocenters. The van der Waals surface area contributed by atoms with Gasteiger partial charge < -0.3 is 10.3 Å². The highest BCUT2D eigenvalue weighted by molar-refractivity contribution is 7.98. The first-order valence-electron chi connectivity index (χ1n) is 6.40. The standard InChI is InChI=1S/C13H14Cl2N4S/c14-10-3-1-2-8(12(10)15)7-20-13-18-17-11(6-16)19(13)9-4-5-9/h1-3,9H,4-7,16H2. The van der Waals surface area contributed by atoms with Gasteiger partial charge in [-0.05, 0) is 24.5 Å². The Morgan fingerprint density at radius 3 is 2.80 bits per heavy atom. The Kier molecular flexibility index (Phi) is 4.21. The molecule has 0 bridgehead atoms. The molecule has 4 nitrogen and oxygen atoms in total. The number of hydrogen-bond acceptors (Lipinski definition) is 4. The number of thioether (sulfide) groups is 1. The summed E-state index contributed by atoms with van der Waals surface area (Å²) < 4.78 is 2.16. The lowest BCUT2D eigenvalue weighted by molar-refractivity contribution is 0.626. The van der Waals surface area contributed by atoms with Gasteiger partial charge in [0.05, 0.1) is 16.6 Å². The molecule has 0 radical (unpaired) electrons. The molecule has 1 aliphatic carbocycles. The summed E-state index contributed by atoms with van der Waals surface area (Å²) >= 11 is 13.8. The average molecular weight is 329 g/mol. The molecule has 7 heteroatoms. The Hall–Kier alpha value is -0.750. The van der Waals surface area contributed by atoms with E-state index in [1.165, 1.54) is 12.8 Å². The Balaban J connectivity index is 1.78. The van der Waals surface area contributed by atoms with Gasteiger partial charge in [-0.2, -0.15) is 0 Å². The molecular weight excluding hydrogens is 315 g/mol. The van der Waals surface area contributed by atoms with Crippen LogP contribution in [0.15, 0.2) is 23.4 Å². The second-order valence-electron chi connectivity index (χ2n) is 4.71. The van der Waals surface area contributed by atoms with Crippen LogP contribution in [-0.2, 0) is 12.3 Å². The van der Waals surface area contributed by atoms with Gasteiger partial charge in [-0.3, -0.25) is 0 Å². The molecule has 0 spiro atoms. The second kappa shape index (κ2) is 5.93. The Bertz CT molecular complexity index is 625. The van der Waals surface area contributed by atoms with E-state index in [0.29, 0.717) is 22.6 Å². The molecule has 1 heterocycles. The average Bonchev–Trinajstić information content (AvgIpc) is 3.21. The lowest BCUT2D eigenvalue weighted by atomic mass is 10.2. The van der Waals surface area contributed by atoms with E-state index in [1.54, 1.807) is 17.8 Å². The largest absolute Gasteiger partial charge is 0.324 e. The number of nitrogens with two attached hydrogens (primary N) is 1. The summed E-state index contributed by atoms with van der Waals surface area (Å²) in [6.07, 6.45) is 2.35. The fraction of sp³-hybridized carbons (Fsp3) is 0.385. The quantitative estimate of drug-likeness (QED) is 0.851. The van der Waals surface area contributed by atoms with Crippen LogP contribution in [0.3, 0.4) is 0 Å². The summed E-state index contributed by atoms with van der Waals surface area (Å²) in [7, 11) is 0. The molecule has 1 saturated carbocycles. The lowest BCUT2D eigenvalue weighted by Crippen LogP contribution is -2.08. The minimum absolute atomic E-state index is 0.419. The van der Waals surface area contributed by atoms with Gasteiger partial charge in [-0.1, -0.05) is 47.1 Å². The molecule has 1 aliphatic rings. The third-order valence-corrected chi connectivity index (χ3v) is 5.07. The predicted octanol–water partition coefficient (Wildman–Crippen LogP) is 3.67. The normalized spacial score (nSPS) is 14.8. The van der Waals surface area contributed by atoms with Gasteiger partial charge in [0.1, 0.15) is 5.82 Å². The van der Waals surface area contributed by atoms with Crippen molar-refractivity contribution in [3.63, 3.8) is 0 Å². The van der Waals surface area contributed by atoms with Gasteiger partial charge in [0.15, 0.2) is 5.16 Å². The van der Waals surface area contributed by atoms with Crippen LogP contribution < -0.4 is 5.73 Å². The molecule has 20 heavy (non-hydrogen) atoms. The Morgan fingerprint density at radius 2 is 2.10 bits per heavy atom. The fourth-order valence-electron chi connectivity index (χ4n) is 2.05. The number of hydrogen-bond donors (Lipinski definition) is 1. The molecular formula is C13H14Cl2N4S. The van der Waals surface area contributed by atoms with E-state index < -0.39 is 0 Å². The third-order valence-electron chi connectivity index (χ3n) is 3.22.